The first-order chi connectivity index (χ1) is 8.20. The van der Waals surface area contributed by atoms with Crippen molar-refractivity contribution in [2.24, 2.45) is 0 Å². The monoisotopic (exact) mass is 249 g/mol. The summed E-state index contributed by atoms with van der Waals surface area (Å²) in [6, 6.07) is 7.72. The molecule has 0 unspecified atom stereocenters. The number of ether oxygens (including phenoxy) is 1. The van der Waals surface area contributed by atoms with E-state index in [2.05, 4.69) is 16.9 Å². The average Bonchev–Trinajstić information content (AvgIpc) is 2.34. The van der Waals surface area contributed by atoms with Crippen molar-refractivity contribution in [1.82, 2.24) is 9.97 Å². The number of aryl methyl sites for hydroxylation is 1. The van der Waals surface area contributed by atoms with Crippen molar-refractivity contribution >= 4 is 17.3 Å². The SMILES string of the molecule is CCc1ccccc1Oc1nc(Cl)ncc1N. The lowest BCUT2D eigenvalue weighted by Crippen LogP contribution is -1.98. The molecular formula is C12H12ClN3O. The van der Waals surface area contributed by atoms with Crippen molar-refractivity contribution in [3.8, 4) is 11.6 Å². The fourth-order valence-corrected chi connectivity index (χ4v) is 1.56. The number of anilines is 1. The van der Waals surface area contributed by atoms with Crippen LogP contribution in [0.2, 0.25) is 5.28 Å². The number of benzene rings is 1. The molecule has 0 aliphatic heterocycles. The maximum absolute atomic E-state index is 5.72. The lowest BCUT2D eigenvalue weighted by molar-refractivity contribution is 0.459. The van der Waals surface area contributed by atoms with Gasteiger partial charge in [0.05, 0.1) is 6.20 Å². The Morgan fingerprint density at radius 1 is 1.35 bits per heavy atom. The van der Waals surface area contributed by atoms with Crippen LogP contribution in [0.15, 0.2) is 30.5 Å². The topological polar surface area (TPSA) is 61.0 Å². The van der Waals surface area contributed by atoms with E-state index in [9.17, 15) is 0 Å². The van der Waals surface area contributed by atoms with Gasteiger partial charge >= 0.3 is 0 Å². The van der Waals surface area contributed by atoms with Gasteiger partial charge in [0.1, 0.15) is 11.4 Å². The third-order valence-electron chi connectivity index (χ3n) is 2.31. The highest BCUT2D eigenvalue weighted by Gasteiger charge is 2.08. The van der Waals surface area contributed by atoms with Crippen LogP contribution in [0, 0.1) is 0 Å². The Hall–Kier alpha value is -1.81. The summed E-state index contributed by atoms with van der Waals surface area (Å²) < 4.78 is 5.65. The summed E-state index contributed by atoms with van der Waals surface area (Å²) in [4.78, 5) is 7.72. The van der Waals surface area contributed by atoms with E-state index in [0.29, 0.717) is 5.69 Å². The smallest absolute Gasteiger partial charge is 0.247 e. The number of nitrogen functional groups attached to an aromatic ring is 1. The Bertz CT molecular complexity index is 531. The van der Waals surface area contributed by atoms with Crippen LogP contribution in [-0.4, -0.2) is 9.97 Å². The number of rotatable bonds is 3. The molecule has 1 aromatic carbocycles. The minimum atomic E-state index is 0.114. The minimum Gasteiger partial charge on any atom is -0.437 e. The Kier molecular flexibility index (Phi) is 3.44. The lowest BCUT2D eigenvalue weighted by Gasteiger charge is -2.10. The van der Waals surface area contributed by atoms with Gasteiger partial charge < -0.3 is 10.5 Å². The van der Waals surface area contributed by atoms with E-state index in [1.807, 2.05) is 24.3 Å². The number of nitrogens with zero attached hydrogens (tertiary/aromatic N) is 2. The minimum absolute atomic E-state index is 0.114. The van der Waals surface area contributed by atoms with Gasteiger partial charge in [0.15, 0.2) is 0 Å². The molecule has 0 atom stereocenters. The second-order valence-corrected chi connectivity index (χ2v) is 3.80. The van der Waals surface area contributed by atoms with Gasteiger partial charge in [0.25, 0.3) is 0 Å². The molecule has 2 N–H and O–H groups in total. The van der Waals surface area contributed by atoms with Gasteiger partial charge in [-0.05, 0) is 29.7 Å². The zero-order valence-electron chi connectivity index (χ0n) is 9.35. The molecule has 88 valence electrons. The first-order valence-corrected chi connectivity index (χ1v) is 5.62. The molecule has 5 heteroatoms. The van der Waals surface area contributed by atoms with Crippen LogP contribution in [0.5, 0.6) is 11.6 Å². The Morgan fingerprint density at radius 3 is 2.88 bits per heavy atom. The molecule has 17 heavy (non-hydrogen) atoms. The maximum Gasteiger partial charge on any atom is 0.247 e. The van der Waals surface area contributed by atoms with Gasteiger partial charge in [0.2, 0.25) is 11.2 Å². The first-order valence-electron chi connectivity index (χ1n) is 5.24. The highest BCUT2D eigenvalue weighted by molar-refractivity contribution is 6.28. The van der Waals surface area contributed by atoms with E-state index < -0.39 is 0 Å². The number of hydrogen-bond donors (Lipinski definition) is 1. The molecule has 1 heterocycles. The Morgan fingerprint density at radius 2 is 2.12 bits per heavy atom. The second-order valence-electron chi connectivity index (χ2n) is 3.46. The van der Waals surface area contributed by atoms with Gasteiger partial charge in [0, 0.05) is 0 Å². The number of nitrogens with two attached hydrogens (primary N) is 1. The summed E-state index contributed by atoms with van der Waals surface area (Å²) in [6.07, 6.45) is 2.30. The van der Waals surface area contributed by atoms with Crippen molar-refractivity contribution in [1.29, 1.82) is 0 Å². The molecule has 0 fully saturated rings. The highest BCUT2D eigenvalue weighted by atomic mass is 35.5. The largest absolute Gasteiger partial charge is 0.437 e. The van der Waals surface area contributed by atoms with Gasteiger partial charge in [-0.15, -0.1) is 0 Å². The van der Waals surface area contributed by atoms with E-state index in [0.717, 1.165) is 17.7 Å². The molecule has 2 rings (SSSR count). The molecule has 0 saturated carbocycles. The third kappa shape index (κ3) is 2.65. The number of hydrogen-bond acceptors (Lipinski definition) is 4. The first kappa shape index (κ1) is 11.7. The van der Waals surface area contributed by atoms with Crippen LogP contribution in [0.25, 0.3) is 0 Å². The standard InChI is InChI=1S/C12H12ClN3O/c1-2-8-5-3-4-6-10(8)17-11-9(14)7-15-12(13)16-11/h3-7H,2,14H2,1H3. The Labute approximate surface area is 104 Å². The molecule has 0 saturated heterocycles. The molecule has 0 radical (unpaired) electrons. The lowest BCUT2D eigenvalue weighted by atomic mass is 10.1. The van der Waals surface area contributed by atoms with E-state index in [1.165, 1.54) is 6.20 Å². The van der Waals surface area contributed by atoms with Crippen LogP contribution in [0.1, 0.15) is 12.5 Å². The molecule has 0 bridgehead atoms. The van der Waals surface area contributed by atoms with E-state index >= 15 is 0 Å². The third-order valence-corrected chi connectivity index (χ3v) is 2.49. The van der Waals surface area contributed by atoms with E-state index in [4.69, 9.17) is 22.1 Å². The predicted molar refractivity (Wildman–Crippen MR) is 67.3 cm³/mol. The number of aromatic nitrogens is 2. The predicted octanol–water partition coefficient (Wildman–Crippen LogP) is 3.07. The summed E-state index contributed by atoms with van der Waals surface area (Å²) in [7, 11) is 0. The molecule has 4 nitrogen and oxygen atoms in total. The van der Waals surface area contributed by atoms with Crippen molar-refractivity contribution < 1.29 is 4.74 Å². The fraction of sp³-hybridized carbons (Fsp3) is 0.167. The summed E-state index contributed by atoms with van der Waals surface area (Å²) in [5.41, 5.74) is 7.17. The molecule has 1 aromatic heterocycles. The van der Waals surface area contributed by atoms with E-state index in [1.54, 1.807) is 0 Å². The number of halogens is 1. The fourth-order valence-electron chi connectivity index (χ4n) is 1.44. The average molecular weight is 250 g/mol. The van der Waals surface area contributed by atoms with Crippen LogP contribution in [0.3, 0.4) is 0 Å². The molecular weight excluding hydrogens is 238 g/mol. The molecule has 2 aromatic rings. The van der Waals surface area contributed by atoms with E-state index in [-0.39, 0.29) is 11.2 Å². The van der Waals surface area contributed by atoms with Crippen LogP contribution in [0.4, 0.5) is 5.69 Å². The maximum atomic E-state index is 5.72. The zero-order chi connectivity index (χ0) is 12.3. The van der Waals surface area contributed by atoms with Crippen LogP contribution < -0.4 is 10.5 Å². The highest BCUT2D eigenvalue weighted by Crippen LogP contribution is 2.28. The summed E-state index contributed by atoms with van der Waals surface area (Å²) in [5, 5.41) is 0.114. The normalized spacial score (nSPS) is 10.2. The van der Waals surface area contributed by atoms with Crippen molar-refractivity contribution in [3.63, 3.8) is 0 Å². The van der Waals surface area contributed by atoms with Crippen LogP contribution >= 0.6 is 11.6 Å². The van der Waals surface area contributed by atoms with Crippen molar-refractivity contribution in [3.05, 3.63) is 41.3 Å². The molecule has 0 amide bonds. The second kappa shape index (κ2) is 5.01. The zero-order valence-corrected chi connectivity index (χ0v) is 10.1. The number of para-hydroxylation sites is 1. The molecule has 0 spiro atoms. The Balaban J connectivity index is 2.34. The summed E-state index contributed by atoms with van der Waals surface area (Å²) in [5.74, 6) is 1.02. The van der Waals surface area contributed by atoms with Crippen molar-refractivity contribution in [2.75, 3.05) is 5.73 Å². The quantitative estimate of drug-likeness (QED) is 0.850. The van der Waals surface area contributed by atoms with Gasteiger partial charge in [-0.25, -0.2) is 4.98 Å². The van der Waals surface area contributed by atoms with Crippen LogP contribution in [-0.2, 0) is 6.42 Å². The summed E-state index contributed by atoms with van der Waals surface area (Å²) >= 11 is 5.70. The van der Waals surface area contributed by atoms with Crippen molar-refractivity contribution in [2.45, 2.75) is 13.3 Å². The van der Waals surface area contributed by atoms with Gasteiger partial charge in [-0.2, -0.15) is 4.98 Å². The molecule has 0 aliphatic rings. The summed E-state index contributed by atoms with van der Waals surface area (Å²) in [6.45, 7) is 2.05. The molecule has 0 aliphatic carbocycles. The van der Waals surface area contributed by atoms with Gasteiger partial charge in [-0.1, -0.05) is 25.1 Å². The van der Waals surface area contributed by atoms with Gasteiger partial charge in [-0.3, -0.25) is 0 Å².